The number of hydrogen-bond donors (Lipinski definition) is 4. The lowest BCUT2D eigenvalue weighted by molar-refractivity contribution is 0.0698. The lowest BCUT2D eigenvalue weighted by Crippen LogP contribution is -2.50. The fraction of sp³-hybridized carbons (Fsp3) is 1.00. The van der Waals surface area contributed by atoms with E-state index in [4.69, 9.17) is 21.1 Å². The summed E-state index contributed by atoms with van der Waals surface area (Å²) in [6.45, 7) is -1.21. The van der Waals surface area contributed by atoms with Crippen molar-refractivity contribution in [2.75, 3.05) is 19.8 Å². The Hall–Kier alpha value is 0.01000. The van der Waals surface area contributed by atoms with Crippen LogP contribution in [0, 0.1) is 0 Å². The van der Waals surface area contributed by atoms with E-state index in [1.54, 1.807) is 0 Å². The minimum Gasteiger partial charge on any atom is -0.412 e. The molecule has 0 amide bonds. The predicted octanol–water partition coefficient (Wildman–Crippen LogP) is -4.39. The highest BCUT2D eigenvalue weighted by Gasteiger charge is 2.20. The van der Waals surface area contributed by atoms with Crippen LogP contribution in [0.15, 0.2) is 0 Å². The highest BCUT2D eigenvalue weighted by atomic mass is 35.5. The minimum absolute atomic E-state index is 0. The third-order valence-corrected chi connectivity index (χ3v) is 0.945. The summed E-state index contributed by atoms with van der Waals surface area (Å²) >= 11 is 0. The molecule has 0 atom stereocenters. The summed E-state index contributed by atoms with van der Waals surface area (Å²) in [4.78, 5) is 0. The van der Waals surface area contributed by atoms with Gasteiger partial charge in [0.15, 0.2) is 0 Å². The molecule has 82 valence electrons. The normalized spacial score (nSPS) is 8.00. The first-order chi connectivity index (χ1) is 3.68. The number of hydrogen-bond acceptors (Lipinski definition) is 4. The molecule has 11 N–H and O–H groups in total. The highest BCUT2D eigenvalue weighted by Crippen LogP contribution is 1.93. The van der Waals surface area contributed by atoms with Crippen molar-refractivity contribution in [3.05, 3.63) is 0 Å². The van der Waals surface area contributed by atoms with E-state index in [1.807, 2.05) is 0 Å². The Kier molecular flexibility index (Phi) is 33.6. The van der Waals surface area contributed by atoms with Crippen LogP contribution in [0.4, 0.5) is 0 Å². The van der Waals surface area contributed by atoms with E-state index in [0.29, 0.717) is 0 Å². The largest absolute Gasteiger partial charge is 0.412 e. The van der Waals surface area contributed by atoms with Gasteiger partial charge < -0.3 is 37.5 Å². The van der Waals surface area contributed by atoms with Crippen LogP contribution in [0.3, 0.4) is 0 Å². The second-order valence-electron chi connectivity index (χ2n) is 1.84. The van der Waals surface area contributed by atoms with Gasteiger partial charge in [0.05, 0.1) is 25.4 Å². The molecule has 0 aliphatic heterocycles. The second kappa shape index (κ2) is 13.6. The zero-order valence-electron chi connectivity index (χ0n) is 6.45. The van der Waals surface area contributed by atoms with Crippen LogP contribution in [0.25, 0.3) is 0 Å². The maximum atomic E-state index is 8.34. The molecule has 0 aromatic heterocycles. The van der Waals surface area contributed by atoms with Crippen LogP contribution < -0.4 is 5.73 Å². The summed E-state index contributed by atoms with van der Waals surface area (Å²) in [6, 6.07) is 0. The molecule has 0 saturated carbocycles. The van der Waals surface area contributed by atoms with Crippen LogP contribution in [0.5, 0.6) is 0 Å². The van der Waals surface area contributed by atoms with Gasteiger partial charge in [-0.3, -0.25) is 0 Å². The van der Waals surface area contributed by atoms with Crippen molar-refractivity contribution >= 4 is 12.4 Å². The molecule has 0 aliphatic carbocycles. The molecule has 0 rings (SSSR count). The monoisotopic (exact) mass is 211 g/mol. The zero-order chi connectivity index (χ0) is 6.62. The lowest BCUT2D eigenvalue weighted by Gasteiger charge is -2.20. The fourth-order valence-electron chi connectivity index (χ4n) is 0.150. The Bertz CT molecular complexity index is 62.3. The summed E-state index contributed by atoms with van der Waals surface area (Å²) in [6.07, 6.45) is 0. The van der Waals surface area contributed by atoms with E-state index in [-0.39, 0.29) is 28.8 Å². The van der Waals surface area contributed by atoms with Gasteiger partial charge in [0.1, 0.15) is 0 Å². The topological polar surface area (TPSA) is 181 Å². The minimum atomic E-state index is -1.21. The van der Waals surface area contributed by atoms with E-state index < -0.39 is 25.4 Å². The number of aliphatic hydroxyl groups is 3. The zero-order valence-corrected chi connectivity index (χ0v) is 7.27. The molecule has 12 heavy (non-hydrogen) atoms. The summed E-state index contributed by atoms with van der Waals surface area (Å²) in [5, 5.41) is 25.0. The van der Waals surface area contributed by atoms with Gasteiger partial charge in [-0.15, -0.1) is 12.4 Å². The number of rotatable bonds is 3. The van der Waals surface area contributed by atoms with Crippen molar-refractivity contribution < 1.29 is 31.7 Å². The van der Waals surface area contributed by atoms with Crippen molar-refractivity contribution in [1.29, 1.82) is 0 Å². The average Bonchev–Trinajstić information content (AvgIpc) is 1.87. The second-order valence-corrected chi connectivity index (χ2v) is 1.84. The van der Waals surface area contributed by atoms with Gasteiger partial charge in [-0.25, -0.2) is 0 Å². The quantitative estimate of drug-likeness (QED) is 0.368. The number of halogens is 1. The Morgan fingerprint density at radius 2 is 1.00 bits per heavy atom. The molecule has 7 nitrogen and oxygen atoms in total. The van der Waals surface area contributed by atoms with E-state index in [1.165, 1.54) is 0 Å². The maximum Gasteiger partial charge on any atom is 0.0856 e. The first kappa shape index (κ1) is 29.6. The third kappa shape index (κ3) is 10.0. The molecule has 0 unspecified atom stereocenters. The summed E-state index contributed by atoms with van der Waals surface area (Å²) in [5.41, 5.74) is 3.94. The fourth-order valence-corrected chi connectivity index (χ4v) is 0.150. The molecule has 0 saturated heterocycles. The smallest absolute Gasteiger partial charge is 0.0856 e. The molecular weight excluding hydrogens is 193 g/mol. The first-order valence-corrected chi connectivity index (χ1v) is 2.30. The van der Waals surface area contributed by atoms with E-state index in [2.05, 4.69) is 0 Å². The molecule has 0 aliphatic rings. The Balaban J connectivity index is -0.0000000408. The van der Waals surface area contributed by atoms with Crippen LogP contribution in [0.2, 0.25) is 0 Å². The number of aliphatic hydroxyl groups excluding tert-OH is 3. The molecule has 8 heteroatoms. The van der Waals surface area contributed by atoms with Crippen LogP contribution in [-0.4, -0.2) is 57.1 Å². The Morgan fingerprint density at radius 3 is 1.00 bits per heavy atom. The molecule has 0 spiro atoms. The highest BCUT2D eigenvalue weighted by molar-refractivity contribution is 5.85. The number of nitrogens with two attached hydrogens (primary N) is 1. The van der Waals surface area contributed by atoms with Crippen molar-refractivity contribution in [1.82, 2.24) is 0 Å². The van der Waals surface area contributed by atoms with Crippen LogP contribution >= 0.6 is 12.4 Å². The van der Waals surface area contributed by atoms with Crippen molar-refractivity contribution in [2.45, 2.75) is 5.54 Å². The van der Waals surface area contributed by atoms with Crippen molar-refractivity contribution in [3.8, 4) is 0 Å². The van der Waals surface area contributed by atoms with E-state index in [0.717, 1.165) is 0 Å². The van der Waals surface area contributed by atoms with Crippen LogP contribution in [-0.2, 0) is 0 Å². The van der Waals surface area contributed by atoms with E-state index in [9.17, 15) is 0 Å². The van der Waals surface area contributed by atoms with Gasteiger partial charge >= 0.3 is 0 Å². The summed E-state index contributed by atoms with van der Waals surface area (Å²) in [7, 11) is 0. The van der Waals surface area contributed by atoms with Crippen molar-refractivity contribution in [3.63, 3.8) is 0 Å². The van der Waals surface area contributed by atoms with Gasteiger partial charge in [-0.05, 0) is 0 Å². The van der Waals surface area contributed by atoms with Crippen LogP contribution in [0.1, 0.15) is 0 Å². The van der Waals surface area contributed by atoms with Gasteiger partial charge in [0.25, 0.3) is 0 Å². The Morgan fingerprint density at radius 1 is 0.833 bits per heavy atom. The molecule has 0 bridgehead atoms. The standard InChI is InChI=1S/C4H11NO3.ClH.3H2O/c5-4(1-6,2-7)3-8;;;;/h6-8H,1-3,5H2;1H;3*1H2. The summed E-state index contributed by atoms with van der Waals surface area (Å²) < 4.78 is 0. The van der Waals surface area contributed by atoms with Gasteiger partial charge in [0.2, 0.25) is 0 Å². The third-order valence-electron chi connectivity index (χ3n) is 0.945. The lowest BCUT2D eigenvalue weighted by atomic mass is 10.1. The van der Waals surface area contributed by atoms with E-state index >= 15 is 0 Å². The van der Waals surface area contributed by atoms with Gasteiger partial charge in [0, 0.05) is 0 Å². The average molecular weight is 212 g/mol. The summed E-state index contributed by atoms with van der Waals surface area (Å²) in [5.74, 6) is 0. The van der Waals surface area contributed by atoms with Gasteiger partial charge in [-0.1, -0.05) is 0 Å². The maximum absolute atomic E-state index is 8.34. The predicted molar refractivity (Wildman–Crippen MR) is 46.3 cm³/mol. The molecule has 0 heterocycles. The van der Waals surface area contributed by atoms with Gasteiger partial charge in [-0.2, -0.15) is 0 Å². The first-order valence-electron chi connectivity index (χ1n) is 2.30. The molecule has 0 radical (unpaired) electrons. The molecular formula is C4H18ClNO6. The molecule has 0 aromatic carbocycles. The molecule has 0 aromatic rings. The Labute approximate surface area is 76.2 Å². The van der Waals surface area contributed by atoms with Crippen molar-refractivity contribution in [2.24, 2.45) is 5.73 Å². The molecule has 0 fully saturated rings. The SMILES string of the molecule is Cl.NC(CO)(CO)CO.O.O.O.